The zero-order valence-corrected chi connectivity index (χ0v) is 29.8. The van der Waals surface area contributed by atoms with Crippen LogP contribution in [0.1, 0.15) is 38.3 Å². The predicted octanol–water partition coefficient (Wildman–Crippen LogP) is 4.67. The van der Waals surface area contributed by atoms with E-state index in [2.05, 4.69) is 15.7 Å². The largest absolute Gasteiger partial charge is 0.468 e. The van der Waals surface area contributed by atoms with Crippen molar-refractivity contribution in [2.24, 2.45) is 17.3 Å². The molecule has 6 unspecified atom stereocenters. The normalized spacial score (nSPS) is 20.3. The van der Waals surface area contributed by atoms with Crippen molar-refractivity contribution in [1.82, 2.24) is 20.7 Å². The number of methoxy groups -OCH3 is 1. The first kappa shape index (κ1) is 38.1. The van der Waals surface area contributed by atoms with Gasteiger partial charge in [0.25, 0.3) is 0 Å². The van der Waals surface area contributed by atoms with Crippen molar-refractivity contribution in [2.75, 3.05) is 26.9 Å². The van der Waals surface area contributed by atoms with E-state index < -0.39 is 59.7 Å². The third kappa shape index (κ3) is 10.2. The minimum absolute atomic E-state index is 0.0762. The second kappa shape index (κ2) is 16.9. The minimum Gasteiger partial charge on any atom is -0.468 e. The number of carbonyl (C=O) groups is 3. The van der Waals surface area contributed by atoms with E-state index in [9.17, 15) is 23.9 Å². The highest BCUT2D eigenvalue weighted by atomic mass is 35.5. The van der Waals surface area contributed by atoms with Crippen molar-refractivity contribution >= 4 is 29.6 Å². The van der Waals surface area contributed by atoms with E-state index in [1.54, 1.807) is 33.2 Å². The molecule has 0 aliphatic carbocycles. The van der Waals surface area contributed by atoms with Crippen LogP contribution in [-0.4, -0.2) is 84.5 Å². The molecule has 0 radical (unpaired) electrons. The van der Waals surface area contributed by atoms with Gasteiger partial charge in [0, 0.05) is 30.5 Å². The first-order valence-corrected chi connectivity index (χ1v) is 17.1. The van der Waals surface area contributed by atoms with Crippen LogP contribution in [0.3, 0.4) is 0 Å². The molecular weight excluding hydrogens is 683 g/mol. The van der Waals surface area contributed by atoms with E-state index in [1.165, 1.54) is 24.3 Å². The van der Waals surface area contributed by atoms with E-state index in [0.29, 0.717) is 18.6 Å². The number of carbonyl (C=O) groups excluding carboxylic acids is 3. The first-order valence-electron chi connectivity index (χ1n) is 16.8. The number of aliphatic hydroxyl groups excluding tert-OH is 1. The number of aromatic nitrogens is 1. The summed E-state index contributed by atoms with van der Waals surface area (Å²) in [5, 5.41) is 16.2. The van der Waals surface area contributed by atoms with Gasteiger partial charge in [-0.05, 0) is 64.8 Å². The Labute approximate surface area is 301 Å². The van der Waals surface area contributed by atoms with Crippen LogP contribution in [0.25, 0.3) is 11.1 Å². The average Bonchev–Trinajstić information content (AvgIpc) is 3.69. The van der Waals surface area contributed by atoms with Crippen LogP contribution >= 0.6 is 11.6 Å². The van der Waals surface area contributed by atoms with Gasteiger partial charge in [-0.2, -0.15) is 0 Å². The smallest absolute Gasteiger partial charge is 0.422 e. The molecule has 1 aromatic heterocycles. The summed E-state index contributed by atoms with van der Waals surface area (Å²) in [5.74, 6) is -3.20. The third-order valence-electron chi connectivity index (χ3n) is 8.96. The summed E-state index contributed by atoms with van der Waals surface area (Å²) >= 11 is 6.13. The van der Waals surface area contributed by atoms with Crippen LogP contribution in [0, 0.1) is 23.1 Å². The van der Waals surface area contributed by atoms with Gasteiger partial charge < -0.3 is 29.4 Å². The van der Waals surface area contributed by atoms with Crippen LogP contribution in [0.15, 0.2) is 67.0 Å². The van der Waals surface area contributed by atoms with E-state index in [4.69, 9.17) is 30.5 Å². The van der Waals surface area contributed by atoms with Gasteiger partial charge in [0.05, 0.1) is 38.4 Å². The summed E-state index contributed by atoms with van der Waals surface area (Å²) in [6.07, 6.45) is 1.17. The molecule has 0 saturated carbocycles. The lowest BCUT2D eigenvalue weighted by atomic mass is 9.80. The van der Waals surface area contributed by atoms with Crippen LogP contribution in [0.4, 0.5) is 9.18 Å². The van der Waals surface area contributed by atoms with Crippen molar-refractivity contribution < 1.29 is 42.8 Å². The molecule has 3 N–H and O–H groups in total. The van der Waals surface area contributed by atoms with Crippen LogP contribution in [0.5, 0.6) is 0 Å². The van der Waals surface area contributed by atoms with Crippen molar-refractivity contribution in [3.8, 4) is 11.1 Å². The lowest BCUT2D eigenvalue weighted by Crippen LogP contribution is -2.55. The van der Waals surface area contributed by atoms with Crippen molar-refractivity contribution in [3.63, 3.8) is 0 Å². The third-order valence-corrected chi connectivity index (χ3v) is 9.18. The van der Waals surface area contributed by atoms with Gasteiger partial charge in [0.2, 0.25) is 5.91 Å². The maximum Gasteiger partial charge on any atom is 0.422 e. The number of nitrogens with one attached hydrogen (secondary N) is 2. The topological polar surface area (TPSA) is 149 Å². The maximum absolute atomic E-state index is 14.3. The number of aliphatic hydroxyl groups is 1. The molecule has 5 rings (SSSR count). The Hall–Kier alpha value is -4.14. The molecule has 2 saturated heterocycles. The zero-order valence-electron chi connectivity index (χ0n) is 29.0. The molecule has 2 aromatic carbocycles. The fourth-order valence-electron chi connectivity index (χ4n) is 6.41. The Balaban J connectivity index is 1.38. The minimum atomic E-state index is -1.32. The molecule has 6 atom stereocenters. The average molecular weight is 727 g/mol. The monoisotopic (exact) mass is 726 g/mol. The Kier molecular flexibility index (Phi) is 12.6. The quantitative estimate of drug-likeness (QED) is 0.129. The SMILES string of the molecule is COC(=O)C(C(=O)NC(Cc1ccc(-c2cccnc2)cc1)C(O)CN(Cc1cc(F)cc(Cl)c1)NC(=O)OC1COC2OCCC12)C(C)(C)C. The fraction of sp³-hybridized carbons (Fsp3) is 0.459. The summed E-state index contributed by atoms with van der Waals surface area (Å²) in [4.78, 5) is 43.9. The number of fused-ring (bicyclic) bond motifs is 1. The Bertz CT molecular complexity index is 1640. The number of benzene rings is 2. The molecule has 274 valence electrons. The Morgan fingerprint density at radius 3 is 2.53 bits per heavy atom. The van der Waals surface area contributed by atoms with E-state index >= 15 is 0 Å². The van der Waals surface area contributed by atoms with Gasteiger partial charge in [-0.15, -0.1) is 0 Å². The van der Waals surface area contributed by atoms with Gasteiger partial charge in [0.1, 0.15) is 17.8 Å². The van der Waals surface area contributed by atoms with Gasteiger partial charge in [-0.3, -0.25) is 20.0 Å². The van der Waals surface area contributed by atoms with Crippen molar-refractivity contribution in [3.05, 3.63) is 89.0 Å². The van der Waals surface area contributed by atoms with E-state index in [-0.39, 0.29) is 37.1 Å². The first-order chi connectivity index (χ1) is 24.3. The molecule has 12 nitrogen and oxygen atoms in total. The van der Waals surface area contributed by atoms with Crippen molar-refractivity contribution in [2.45, 2.75) is 64.7 Å². The lowest BCUT2D eigenvalue weighted by molar-refractivity contribution is -0.155. The number of rotatable bonds is 13. The Morgan fingerprint density at radius 1 is 1.10 bits per heavy atom. The van der Waals surface area contributed by atoms with Gasteiger partial charge in [-0.1, -0.05) is 62.7 Å². The van der Waals surface area contributed by atoms with E-state index in [1.807, 2.05) is 36.4 Å². The molecule has 2 fully saturated rings. The molecule has 2 amide bonds. The zero-order chi connectivity index (χ0) is 36.7. The maximum atomic E-state index is 14.3. The van der Waals surface area contributed by atoms with Crippen LogP contribution < -0.4 is 10.7 Å². The molecule has 14 heteroatoms. The molecule has 0 bridgehead atoms. The number of nitrogens with zero attached hydrogens (tertiary/aromatic N) is 2. The number of hydrogen-bond donors (Lipinski definition) is 3. The van der Waals surface area contributed by atoms with Gasteiger partial charge >= 0.3 is 12.1 Å². The molecule has 3 aromatic rings. The molecule has 51 heavy (non-hydrogen) atoms. The number of esters is 1. The number of pyridine rings is 1. The summed E-state index contributed by atoms with van der Waals surface area (Å²) in [6.45, 7) is 5.59. The lowest BCUT2D eigenvalue weighted by Gasteiger charge is -2.33. The molecule has 2 aliphatic rings. The number of ether oxygens (including phenoxy) is 4. The standard InChI is InChI=1S/C37H44ClFN4O8/c1-37(2,3)32(34(46)48-4)33(45)41-29(16-22-7-9-24(10-8-22)25-6-5-12-40-18-25)30(44)20-43(19-23-14-26(38)17-27(39)15-23)42-36(47)51-31-21-50-35-28(31)11-13-49-35/h5-10,12,14-15,17-18,28-32,35,44H,11,13,16,19-21H2,1-4H3,(H,41,45)(H,42,47). The van der Waals surface area contributed by atoms with Gasteiger partial charge in [0.15, 0.2) is 6.29 Å². The summed E-state index contributed by atoms with van der Waals surface area (Å²) in [7, 11) is 1.21. The fourth-order valence-corrected chi connectivity index (χ4v) is 6.65. The van der Waals surface area contributed by atoms with Gasteiger partial charge in [-0.25, -0.2) is 14.2 Å². The number of hydrazine groups is 1. The molecular formula is C37H44ClFN4O8. The van der Waals surface area contributed by atoms with Crippen LogP contribution in [-0.2, 0) is 41.5 Å². The van der Waals surface area contributed by atoms with Crippen molar-refractivity contribution in [1.29, 1.82) is 0 Å². The highest BCUT2D eigenvalue weighted by Gasteiger charge is 2.44. The highest BCUT2D eigenvalue weighted by Crippen LogP contribution is 2.33. The summed E-state index contributed by atoms with van der Waals surface area (Å²) < 4.78 is 36.1. The summed E-state index contributed by atoms with van der Waals surface area (Å²) in [6, 6.07) is 14.4. The molecule has 0 spiro atoms. The predicted molar refractivity (Wildman–Crippen MR) is 185 cm³/mol. The molecule has 2 aliphatic heterocycles. The Morgan fingerprint density at radius 2 is 1.86 bits per heavy atom. The second-order valence-electron chi connectivity index (χ2n) is 13.9. The summed E-state index contributed by atoms with van der Waals surface area (Å²) in [5.41, 5.74) is 4.90. The number of amides is 2. The second-order valence-corrected chi connectivity index (χ2v) is 14.3. The number of hydrogen-bond acceptors (Lipinski definition) is 10. The number of halogens is 2. The molecule has 3 heterocycles. The van der Waals surface area contributed by atoms with Crippen LogP contribution in [0.2, 0.25) is 5.02 Å². The van der Waals surface area contributed by atoms with E-state index in [0.717, 1.165) is 22.8 Å². The highest BCUT2D eigenvalue weighted by molar-refractivity contribution is 6.30.